The molecule has 5 nitrogen and oxygen atoms in total. The van der Waals surface area contributed by atoms with Crippen LogP contribution in [0.3, 0.4) is 0 Å². The van der Waals surface area contributed by atoms with Gasteiger partial charge in [-0.05, 0) is 54.8 Å². The number of furan rings is 1. The molecule has 4 rings (SSSR count). The molecule has 0 saturated heterocycles. The summed E-state index contributed by atoms with van der Waals surface area (Å²) in [6.07, 6.45) is 4.57. The summed E-state index contributed by atoms with van der Waals surface area (Å²) in [5, 5.41) is 3.43. The maximum atomic E-state index is 15.4. The normalized spacial score (nSPS) is 11.6. The van der Waals surface area contributed by atoms with E-state index in [9.17, 15) is 9.18 Å². The van der Waals surface area contributed by atoms with E-state index in [2.05, 4.69) is 10.0 Å². The maximum Gasteiger partial charge on any atom is 0.251 e. The third kappa shape index (κ3) is 4.92. The molecule has 0 fully saturated rings. The summed E-state index contributed by atoms with van der Waals surface area (Å²) in [5.41, 5.74) is 5.75. The van der Waals surface area contributed by atoms with Crippen molar-refractivity contribution in [2.24, 2.45) is 0 Å². The predicted octanol–water partition coefficient (Wildman–Crippen LogP) is 7.15. The van der Waals surface area contributed by atoms with Crippen molar-refractivity contribution in [2.75, 3.05) is 17.5 Å². The van der Waals surface area contributed by atoms with Crippen molar-refractivity contribution in [3.63, 3.8) is 0 Å². The Hall–Kier alpha value is -3.85. The lowest BCUT2D eigenvalue weighted by Crippen LogP contribution is -2.20. The zero-order chi connectivity index (χ0) is 25.8. The Morgan fingerprint density at radius 1 is 1.08 bits per heavy atom. The Morgan fingerprint density at radius 3 is 2.64 bits per heavy atom. The number of fused-ring (bicyclic) bond motifs is 1. The van der Waals surface area contributed by atoms with Crippen molar-refractivity contribution in [2.45, 2.75) is 24.7 Å². The molecule has 0 aliphatic rings. The lowest BCUT2D eigenvalue weighted by molar-refractivity contribution is -0.115. The fourth-order valence-corrected chi connectivity index (χ4v) is 4.45. The highest BCUT2D eigenvalue weighted by Gasteiger charge is 2.23. The molecule has 0 radical (unpaired) electrons. The molecule has 9 heteroatoms. The minimum absolute atomic E-state index is 0.0353. The fourth-order valence-electron chi connectivity index (χ4n) is 3.76. The average molecular weight is 512 g/mol. The van der Waals surface area contributed by atoms with E-state index in [0.717, 1.165) is 34.7 Å². The van der Waals surface area contributed by atoms with Gasteiger partial charge in [-0.3, -0.25) is 4.79 Å². The Morgan fingerprint density at radius 2 is 1.89 bits per heavy atom. The predicted molar refractivity (Wildman–Crippen MR) is 139 cm³/mol. The topological polar surface area (TPSA) is 80.3 Å². The molecule has 4 aromatic rings. The number of halogens is 3. The number of carbonyl (C=O) groups excluding carboxylic acids is 1. The van der Waals surface area contributed by atoms with Crippen molar-refractivity contribution >= 4 is 45.8 Å². The molecule has 1 aromatic heterocycles. The average Bonchev–Trinajstić information content (AvgIpc) is 3.35. The second-order valence-corrected chi connectivity index (χ2v) is 8.86. The van der Waals surface area contributed by atoms with E-state index < -0.39 is 28.9 Å². The quantitative estimate of drug-likeness (QED) is 0.133. The standard InChI is InChI=1S/C27H24F3N3O2S/c1-3-4-5-18(27(34)32-2)17-8-9-19(24(29)26(17)31)23-20(28)10-11-21(25(23)30)33-36-16-7-6-15-12-13-35-22(15)14-16/h5-14,33H,3-4,31H2,1-2H3,(H,32,34)/b18-5+. The van der Waals surface area contributed by atoms with Crippen LogP contribution in [-0.2, 0) is 4.79 Å². The van der Waals surface area contributed by atoms with Crippen LogP contribution < -0.4 is 15.8 Å². The number of likely N-dealkylation sites (N-methyl/N-ethyl adjacent to an activating group) is 1. The van der Waals surface area contributed by atoms with Crippen LogP contribution in [0.1, 0.15) is 25.3 Å². The molecule has 3 aromatic carbocycles. The number of hydrogen-bond donors (Lipinski definition) is 3. The lowest BCUT2D eigenvalue weighted by Gasteiger charge is -2.15. The van der Waals surface area contributed by atoms with Crippen molar-refractivity contribution in [1.82, 2.24) is 5.32 Å². The van der Waals surface area contributed by atoms with Gasteiger partial charge < -0.3 is 20.2 Å². The number of hydrogen-bond acceptors (Lipinski definition) is 5. The number of nitrogen functional groups attached to an aromatic ring is 1. The van der Waals surface area contributed by atoms with Gasteiger partial charge in [0.1, 0.15) is 11.4 Å². The van der Waals surface area contributed by atoms with E-state index in [1.165, 1.54) is 25.2 Å². The minimum atomic E-state index is -1.01. The molecule has 36 heavy (non-hydrogen) atoms. The second kappa shape index (κ2) is 10.8. The highest BCUT2D eigenvalue weighted by Crippen LogP contribution is 2.38. The van der Waals surface area contributed by atoms with Gasteiger partial charge in [0.25, 0.3) is 5.91 Å². The van der Waals surface area contributed by atoms with E-state index in [1.807, 2.05) is 25.1 Å². The molecule has 0 aliphatic carbocycles. The van der Waals surface area contributed by atoms with Crippen LogP contribution in [0.4, 0.5) is 24.5 Å². The number of amides is 1. The van der Waals surface area contributed by atoms with Gasteiger partial charge in [-0.2, -0.15) is 0 Å². The van der Waals surface area contributed by atoms with Crippen LogP contribution >= 0.6 is 11.9 Å². The van der Waals surface area contributed by atoms with Gasteiger partial charge in [-0.25, -0.2) is 13.2 Å². The molecule has 0 atom stereocenters. The van der Waals surface area contributed by atoms with Crippen LogP contribution in [-0.4, -0.2) is 13.0 Å². The summed E-state index contributed by atoms with van der Waals surface area (Å²) in [6.45, 7) is 1.94. The molecule has 1 heterocycles. The number of unbranched alkanes of at least 4 members (excludes halogenated alkanes) is 1. The Bertz CT molecular complexity index is 1470. The number of nitrogens with two attached hydrogens (primary N) is 1. The zero-order valence-electron chi connectivity index (χ0n) is 19.6. The molecule has 0 bridgehead atoms. The van der Waals surface area contributed by atoms with Gasteiger partial charge in [0, 0.05) is 34.0 Å². The van der Waals surface area contributed by atoms with Crippen LogP contribution in [0.5, 0.6) is 0 Å². The smallest absolute Gasteiger partial charge is 0.251 e. The van der Waals surface area contributed by atoms with Gasteiger partial charge in [0.15, 0.2) is 11.6 Å². The lowest BCUT2D eigenvalue weighted by atomic mass is 9.95. The van der Waals surface area contributed by atoms with Gasteiger partial charge in [0.2, 0.25) is 0 Å². The largest absolute Gasteiger partial charge is 0.464 e. The molecule has 0 saturated carbocycles. The van der Waals surface area contributed by atoms with Crippen LogP contribution in [0.15, 0.2) is 70.2 Å². The van der Waals surface area contributed by atoms with E-state index in [1.54, 1.807) is 18.4 Å². The Balaban J connectivity index is 1.68. The molecule has 0 unspecified atom stereocenters. The first-order valence-corrected chi connectivity index (χ1v) is 12.1. The van der Waals surface area contributed by atoms with Crippen molar-refractivity contribution < 1.29 is 22.4 Å². The SMILES string of the molecule is CCC/C=C(/C(=O)NC)c1ccc(-c2c(F)ccc(NSc3ccc4ccoc4c3)c2F)c(F)c1N. The number of benzene rings is 3. The first kappa shape index (κ1) is 25.2. The molecule has 1 amide bonds. The molecule has 0 aliphatic heterocycles. The van der Waals surface area contributed by atoms with Crippen molar-refractivity contribution in [3.8, 4) is 11.1 Å². The highest BCUT2D eigenvalue weighted by molar-refractivity contribution is 8.00. The van der Waals surface area contributed by atoms with E-state index >= 15 is 8.78 Å². The summed E-state index contributed by atoms with van der Waals surface area (Å²) in [6, 6.07) is 12.2. The summed E-state index contributed by atoms with van der Waals surface area (Å²) >= 11 is 1.10. The molecular weight excluding hydrogens is 487 g/mol. The maximum absolute atomic E-state index is 15.4. The summed E-state index contributed by atoms with van der Waals surface area (Å²) in [5.74, 6) is -3.36. The van der Waals surface area contributed by atoms with Gasteiger partial charge >= 0.3 is 0 Å². The summed E-state index contributed by atoms with van der Waals surface area (Å²) < 4.78 is 53.8. The zero-order valence-corrected chi connectivity index (χ0v) is 20.4. The monoisotopic (exact) mass is 511 g/mol. The third-order valence-corrected chi connectivity index (χ3v) is 6.46. The van der Waals surface area contributed by atoms with Crippen LogP contribution in [0, 0.1) is 17.5 Å². The summed E-state index contributed by atoms with van der Waals surface area (Å²) in [4.78, 5) is 13.1. The molecule has 186 valence electrons. The first-order valence-electron chi connectivity index (χ1n) is 11.2. The van der Waals surface area contributed by atoms with E-state index in [-0.39, 0.29) is 28.1 Å². The van der Waals surface area contributed by atoms with Gasteiger partial charge in [-0.1, -0.05) is 31.6 Å². The van der Waals surface area contributed by atoms with Gasteiger partial charge in [-0.15, -0.1) is 0 Å². The highest BCUT2D eigenvalue weighted by atomic mass is 32.2. The van der Waals surface area contributed by atoms with Gasteiger partial charge in [0.05, 0.1) is 23.2 Å². The first-order chi connectivity index (χ1) is 17.3. The molecule has 0 spiro atoms. The van der Waals surface area contributed by atoms with E-state index in [0.29, 0.717) is 12.0 Å². The Labute approximate surface area is 210 Å². The van der Waals surface area contributed by atoms with Crippen molar-refractivity contribution in [1.29, 1.82) is 0 Å². The number of allylic oxidation sites excluding steroid dienone is 1. The molecular formula is C27H24F3N3O2S. The summed E-state index contributed by atoms with van der Waals surface area (Å²) in [7, 11) is 1.46. The van der Waals surface area contributed by atoms with Crippen LogP contribution in [0.25, 0.3) is 27.7 Å². The fraction of sp³-hybridized carbons (Fsp3) is 0.148. The number of anilines is 2. The number of nitrogens with one attached hydrogen (secondary N) is 2. The number of carbonyl (C=O) groups is 1. The van der Waals surface area contributed by atoms with E-state index in [4.69, 9.17) is 10.2 Å². The van der Waals surface area contributed by atoms with Crippen molar-refractivity contribution in [3.05, 3.63) is 83.9 Å². The Kier molecular flexibility index (Phi) is 7.59. The minimum Gasteiger partial charge on any atom is -0.464 e. The number of rotatable bonds is 8. The second-order valence-electron chi connectivity index (χ2n) is 7.98. The molecule has 4 N–H and O–H groups in total. The van der Waals surface area contributed by atoms with Crippen LogP contribution in [0.2, 0.25) is 0 Å². The third-order valence-electron chi connectivity index (χ3n) is 5.65.